The van der Waals surface area contributed by atoms with Gasteiger partial charge in [-0.25, -0.2) is 4.98 Å². The molecule has 0 saturated carbocycles. The molecule has 0 radical (unpaired) electrons. The van der Waals surface area contributed by atoms with Crippen LogP contribution in [0.3, 0.4) is 0 Å². The number of aryl methyl sites for hydroxylation is 1. The van der Waals surface area contributed by atoms with Gasteiger partial charge in [-0.1, -0.05) is 0 Å². The minimum Gasteiger partial charge on any atom is -0.390 e. The molecule has 68 valence electrons. The number of hydrogen-bond acceptors (Lipinski definition) is 4. The van der Waals surface area contributed by atoms with E-state index >= 15 is 0 Å². The number of hydrogen-bond donors (Lipinski definition) is 1. The average Bonchev–Trinajstić information content (AvgIpc) is 2.71. The zero-order valence-electron chi connectivity index (χ0n) is 7.15. The lowest BCUT2D eigenvalue weighted by atomic mass is 10.4. The van der Waals surface area contributed by atoms with Gasteiger partial charge in [-0.3, -0.25) is 0 Å². The van der Waals surface area contributed by atoms with Crippen LogP contribution < -0.4 is 0 Å². The van der Waals surface area contributed by atoms with Crippen LogP contribution in [0.1, 0.15) is 10.6 Å². The summed E-state index contributed by atoms with van der Waals surface area (Å²) in [5.74, 6) is 0. The highest BCUT2D eigenvalue weighted by Gasteiger charge is 2.05. The Morgan fingerprint density at radius 2 is 2.31 bits per heavy atom. The van der Waals surface area contributed by atoms with E-state index in [2.05, 4.69) is 24.0 Å². The van der Waals surface area contributed by atoms with Gasteiger partial charge in [0.1, 0.15) is 5.01 Å². The van der Waals surface area contributed by atoms with Gasteiger partial charge in [0.2, 0.25) is 0 Å². The fourth-order valence-electron chi connectivity index (χ4n) is 1.04. The first-order valence-corrected chi connectivity index (χ1v) is 5.61. The molecule has 0 aliphatic rings. The van der Waals surface area contributed by atoms with E-state index in [9.17, 15) is 0 Å². The molecule has 0 fully saturated rings. The van der Waals surface area contributed by atoms with Crippen LogP contribution >= 0.6 is 22.7 Å². The molecule has 2 nitrogen and oxygen atoms in total. The molecule has 0 spiro atoms. The molecule has 4 heteroatoms. The first kappa shape index (κ1) is 8.87. The molecule has 0 aromatic carbocycles. The maximum atomic E-state index is 8.85. The molecule has 0 atom stereocenters. The second-order valence-electron chi connectivity index (χ2n) is 2.71. The third kappa shape index (κ3) is 1.80. The van der Waals surface area contributed by atoms with Crippen molar-refractivity contribution < 1.29 is 5.11 Å². The van der Waals surface area contributed by atoms with Gasteiger partial charge in [0.05, 0.1) is 17.2 Å². The van der Waals surface area contributed by atoms with Crippen LogP contribution in [0.2, 0.25) is 0 Å². The summed E-state index contributed by atoms with van der Waals surface area (Å²) in [6.45, 7) is 2.11. The topological polar surface area (TPSA) is 33.1 Å². The quantitative estimate of drug-likeness (QED) is 0.828. The molecule has 0 amide bonds. The smallest absolute Gasteiger partial charge is 0.133 e. The number of aliphatic hydroxyl groups is 1. The first-order valence-electron chi connectivity index (χ1n) is 3.91. The molecule has 2 heterocycles. The number of thiazole rings is 1. The maximum Gasteiger partial charge on any atom is 0.133 e. The largest absolute Gasteiger partial charge is 0.390 e. The Kier molecular flexibility index (Phi) is 2.44. The highest BCUT2D eigenvalue weighted by atomic mass is 32.1. The summed E-state index contributed by atoms with van der Waals surface area (Å²) in [6, 6.07) is 4.15. The summed E-state index contributed by atoms with van der Waals surface area (Å²) in [5, 5.41) is 11.7. The van der Waals surface area contributed by atoms with Gasteiger partial charge >= 0.3 is 0 Å². The van der Waals surface area contributed by atoms with Crippen molar-refractivity contribution in [1.82, 2.24) is 4.98 Å². The predicted molar refractivity (Wildman–Crippen MR) is 56.1 cm³/mol. The Bertz CT molecular complexity index is 405. The van der Waals surface area contributed by atoms with Crippen LogP contribution in [-0.2, 0) is 6.61 Å². The Balaban J connectivity index is 2.35. The van der Waals surface area contributed by atoms with Gasteiger partial charge < -0.3 is 5.11 Å². The van der Waals surface area contributed by atoms with Crippen molar-refractivity contribution >= 4 is 22.7 Å². The van der Waals surface area contributed by atoms with Gasteiger partial charge in [-0.2, -0.15) is 0 Å². The van der Waals surface area contributed by atoms with Gasteiger partial charge in [0.15, 0.2) is 0 Å². The monoisotopic (exact) mass is 211 g/mol. The van der Waals surface area contributed by atoms with Gasteiger partial charge in [0, 0.05) is 10.3 Å². The Hall–Kier alpha value is -0.710. The number of aromatic nitrogens is 1. The van der Waals surface area contributed by atoms with E-state index < -0.39 is 0 Å². The molecule has 0 aliphatic carbocycles. The van der Waals surface area contributed by atoms with Crippen LogP contribution in [0.4, 0.5) is 0 Å². The van der Waals surface area contributed by atoms with Crippen LogP contribution in [0.25, 0.3) is 9.88 Å². The van der Waals surface area contributed by atoms with E-state index in [0.717, 1.165) is 10.7 Å². The second kappa shape index (κ2) is 3.57. The summed E-state index contributed by atoms with van der Waals surface area (Å²) < 4.78 is 0. The van der Waals surface area contributed by atoms with Crippen LogP contribution in [0, 0.1) is 6.92 Å². The summed E-state index contributed by atoms with van der Waals surface area (Å²) >= 11 is 3.31. The Labute approximate surface area is 84.5 Å². The zero-order chi connectivity index (χ0) is 9.26. The van der Waals surface area contributed by atoms with Crippen molar-refractivity contribution in [3.05, 3.63) is 28.1 Å². The van der Waals surface area contributed by atoms with E-state index in [0.29, 0.717) is 0 Å². The normalized spacial score (nSPS) is 10.6. The molecule has 2 aromatic rings. The molecule has 2 aromatic heterocycles. The van der Waals surface area contributed by atoms with Gasteiger partial charge in [0.25, 0.3) is 0 Å². The lowest BCUT2D eigenvalue weighted by Gasteiger charge is -1.87. The lowest BCUT2D eigenvalue weighted by Crippen LogP contribution is -1.80. The summed E-state index contributed by atoms with van der Waals surface area (Å²) in [5.41, 5.74) is 0.756. The average molecular weight is 211 g/mol. The van der Waals surface area contributed by atoms with Gasteiger partial charge in [-0.05, 0) is 19.1 Å². The molecule has 2 rings (SSSR count). The standard InChI is InChI=1S/C9H9NOS2/c1-6-2-3-8(13-6)9-10-7(4-11)5-12-9/h2-3,5,11H,4H2,1H3. The number of thiophene rings is 1. The minimum atomic E-state index is 0.0286. The lowest BCUT2D eigenvalue weighted by molar-refractivity contribution is 0.278. The summed E-state index contributed by atoms with van der Waals surface area (Å²) in [6.07, 6.45) is 0. The van der Waals surface area contributed by atoms with Crippen LogP contribution in [-0.4, -0.2) is 10.1 Å². The third-order valence-electron chi connectivity index (χ3n) is 1.66. The molecule has 0 bridgehead atoms. The summed E-state index contributed by atoms with van der Waals surface area (Å²) in [4.78, 5) is 6.76. The Morgan fingerprint density at radius 1 is 1.46 bits per heavy atom. The number of rotatable bonds is 2. The van der Waals surface area contributed by atoms with E-state index in [4.69, 9.17) is 5.11 Å². The fourth-order valence-corrected chi connectivity index (χ4v) is 2.79. The summed E-state index contributed by atoms with van der Waals surface area (Å²) in [7, 11) is 0. The van der Waals surface area contributed by atoms with E-state index in [1.807, 2.05) is 5.38 Å². The van der Waals surface area contributed by atoms with E-state index in [1.165, 1.54) is 9.75 Å². The maximum absolute atomic E-state index is 8.85. The SMILES string of the molecule is Cc1ccc(-c2nc(CO)cs2)s1. The molecule has 0 unspecified atom stereocenters. The fraction of sp³-hybridized carbons (Fsp3) is 0.222. The molecule has 0 saturated heterocycles. The van der Waals surface area contributed by atoms with Crippen LogP contribution in [0.15, 0.2) is 17.5 Å². The number of nitrogens with zero attached hydrogens (tertiary/aromatic N) is 1. The molecular weight excluding hydrogens is 202 g/mol. The molecule has 0 aliphatic heterocycles. The highest BCUT2D eigenvalue weighted by molar-refractivity contribution is 7.21. The highest BCUT2D eigenvalue weighted by Crippen LogP contribution is 2.30. The number of aliphatic hydroxyl groups excluding tert-OH is 1. The molecule has 13 heavy (non-hydrogen) atoms. The predicted octanol–water partition coefficient (Wildman–Crippen LogP) is 2.67. The Morgan fingerprint density at radius 3 is 2.85 bits per heavy atom. The first-order chi connectivity index (χ1) is 6.29. The van der Waals surface area contributed by atoms with E-state index in [1.54, 1.807) is 22.7 Å². The second-order valence-corrected chi connectivity index (χ2v) is 4.86. The van der Waals surface area contributed by atoms with Gasteiger partial charge in [-0.15, -0.1) is 22.7 Å². The molecule has 1 N–H and O–H groups in total. The molecular formula is C9H9NOS2. The third-order valence-corrected chi connectivity index (χ3v) is 3.73. The van der Waals surface area contributed by atoms with Crippen molar-refractivity contribution in [3.8, 4) is 9.88 Å². The van der Waals surface area contributed by atoms with Crippen molar-refractivity contribution in [2.75, 3.05) is 0 Å². The minimum absolute atomic E-state index is 0.0286. The van der Waals surface area contributed by atoms with Crippen LogP contribution in [0.5, 0.6) is 0 Å². The van der Waals surface area contributed by atoms with Crippen molar-refractivity contribution in [2.45, 2.75) is 13.5 Å². The van der Waals surface area contributed by atoms with Crippen molar-refractivity contribution in [1.29, 1.82) is 0 Å². The van der Waals surface area contributed by atoms with Crippen molar-refractivity contribution in [3.63, 3.8) is 0 Å². The van der Waals surface area contributed by atoms with E-state index in [-0.39, 0.29) is 6.61 Å². The zero-order valence-corrected chi connectivity index (χ0v) is 8.78. The van der Waals surface area contributed by atoms with Crippen molar-refractivity contribution in [2.24, 2.45) is 0 Å².